The van der Waals surface area contributed by atoms with Gasteiger partial charge in [0.1, 0.15) is 5.82 Å². The van der Waals surface area contributed by atoms with Gasteiger partial charge in [0.25, 0.3) is 0 Å². The molecule has 2 rings (SSSR count). The highest BCUT2D eigenvalue weighted by atomic mass is 32.2. The number of aliphatic carboxylic acids is 1. The molecule has 1 saturated carbocycles. The third kappa shape index (κ3) is 3.48. The van der Waals surface area contributed by atoms with Gasteiger partial charge in [-0.2, -0.15) is 11.8 Å². The van der Waals surface area contributed by atoms with E-state index in [9.17, 15) is 9.18 Å². The molecular weight excluding hydrogens is 251 g/mol. The molecule has 1 fully saturated rings. The summed E-state index contributed by atoms with van der Waals surface area (Å²) in [7, 11) is 0. The van der Waals surface area contributed by atoms with Crippen LogP contribution in [-0.4, -0.2) is 16.8 Å². The number of aryl methyl sites for hydroxylation is 1. The van der Waals surface area contributed by atoms with Gasteiger partial charge in [0.15, 0.2) is 0 Å². The Morgan fingerprint density at radius 1 is 1.50 bits per heavy atom. The zero-order valence-corrected chi connectivity index (χ0v) is 11.2. The van der Waals surface area contributed by atoms with Gasteiger partial charge in [0, 0.05) is 5.75 Å². The molecule has 0 amide bonds. The molecule has 4 heteroatoms. The summed E-state index contributed by atoms with van der Waals surface area (Å²) < 4.78 is 12.9. The number of hydrogen-bond acceptors (Lipinski definition) is 2. The van der Waals surface area contributed by atoms with Gasteiger partial charge >= 0.3 is 5.97 Å². The Hall–Kier alpha value is -1.03. The van der Waals surface area contributed by atoms with E-state index in [2.05, 4.69) is 0 Å². The summed E-state index contributed by atoms with van der Waals surface area (Å²) in [5.74, 6) is 0.806. The van der Waals surface area contributed by atoms with Crippen LogP contribution in [0, 0.1) is 18.2 Å². The fourth-order valence-electron chi connectivity index (χ4n) is 2.07. The monoisotopic (exact) mass is 268 g/mol. The number of halogens is 1. The Kier molecular flexibility index (Phi) is 3.95. The molecule has 1 aromatic rings. The predicted molar refractivity (Wildman–Crippen MR) is 71.2 cm³/mol. The highest BCUT2D eigenvalue weighted by Gasteiger charge is 2.43. The Bertz CT molecular complexity index is 455. The second kappa shape index (κ2) is 5.31. The molecule has 1 N–H and O–H groups in total. The van der Waals surface area contributed by atoms with Crippen molar-refractivity contribution in [2.75, 3.05) is 5.75 Å². The second-order valence-electron chi connectivity index (χ2n) is 5.13. The summed E-state index contributed by atoms with van der Waals surface area (Å²) in [5.41, 5.74) is 2.13. The number of carboxylic acids is 1. The Morgan fingerprint density at radius 3 is 2.78 bits per heavy atom. The lowest BCUT2D eigenvalue weighted by atomic mass is 10.1. The maximum Gasteiger partial charge on any atom is 0.303 e. The molecule has 0 saturated heterocycles. The maximum absolute atomic E-state index is 12.9. The first-order chi connectivity index (χ1) is 8.51. The first kappa shape index (κ1) is 13.4. The first-order valence-corrected chi connectivity index (χ1v) is 7.21. The number of carboxylic acid groups (broad SMARTS) is 1. The molecule has 0 radical (unpaired) electrons. The van der Waals surface area contributed by atoms with Crippen molar-refractivity contribution < 1.29 is 14.3 Å². The van der Waals surface area contributed by atoms with E-state index in [1.807, 2.05) is 13.0 Å². The largest absolute Gasteiger partial charge is 0.481 e. The van der Waals surface area contributed by atoms with Crippen LogP contribution >= 0.6 is 11.8 Å². The third-order valence-electron chi connectivity index (χ3n) is 3.45. The summed E-state index contributed by atoms with van der Waals surface area (Å²) in [4.78, 5) is 10.7. The summed E-state index contributed by atoms with van der Waals surface area (Å²) in [5, 5.41) is 8.83. The number of thioether (sulfide) groups is 1. The molecule has 1 aromatic carbocycles. The fraction of sp³-hybridized carbons (Fsp3) is 0.500. The average molecular weight is 268 g/mol. The topological polar surface area (TPSA) is 37.3 Å². The van der Waals surface area contributed by atoms with E-state index >= 15 is 0 Å². The normalized spacial score (nSPS) is 16.6. The van der Waals surface area contributed by atoms with E-state index in [1.54, 1.807) is 17.8 Å². The van der Waals surface area contributed by atoms with Gasteiger partial charge in [-0.3, -0.25) is 4.79 Å². The van der Waals surface area contributed by atoms with E-state index in [1.165, 1.54) is 6.07 Å². The maximum atomic E-state index is 12.9. The van der Waals surface area contributed by atoms with Crippen LogP contribution in [-0.2, 0) is 10.5 Å². The van der Waals surface area contributed by atoms with Crippen LogP contribution in [0.3, 0.4) is 0 Å². The molecule has 18 heavy (non-hydrogen) atoms. The smallest absolute Gasteiger partial charge is 0.303 e. The summed E-state index contributed by atoms with van der Waals surface area (Å²) in [6.07, 6.45) is 2.33. The van der Waals surface area contributed by atoms with Gasteiger partial charge in [-0.05, 0) is 54.2 Å². The van der Waals surface area contributed by atoms with E-state index in [0.717, 1.165) is 35.5 Å². The zero-order chi connectivity index (χ0) is 13.2. The average Bonchev–Trinajstić information content (AvgIpc) is 3.00. The standard InChI is InChI=1S/C14H17FO2S/c1-10-6-12(15)3-2-11(10)8-18-9-14(4-5-14)7-13(16)17/h2-3,6H,4-5,7-9H2,1H3,(H,16,17). The van der Waals surface area contributed by atoms with Gasteiger partial charge < -0.3 is 5.11 Å². The second-order valence-corrected chi connectivity index (χ2v) is 6.12. The van der Waals surface area contributed by atoms with Crippen LogP contribution in [0.1, 0.15) is 30.4 Å². The lowest BCUT2D eigenvalue weighted by Crippen LogP contribution is -2.11. The van der Waals surface area contributed by atoms with Gasteiger partial charge in [-0.15, -0.1) is 0 Å². The molecule has 1 aliphatic carbocycles. The number of hydrogen-bond donors (Lipinski definition) is 1. The molecule has 1 aliphatic rings. The van der Waals surface area contributed by atoms with Gasteiger partial charge in [0.2, 0.25) is 0 Å². The minimum absolute atomic E-state index is 0.0322. The summed E-state index contributed by atoms with van der Waals surface area (Å²) >= 11 is 1.75. The molecule has 0 unspecified atom stereocenters. The van der Waals surface area contributed by atoms with Crippen LogP contribution in [0.5, 0.6) is 0 Å². The first-order valence-electron chi connectivity index (χ1n) is 6.05. The molecule has 0 spiro atoms. The summed E-state index contributed by atoms with van der Waals surface area (Å²) in [6.45, 7) is 1.91. The Labute approximate surface area is 111 Å². The van der Waals surface area contributed by atoms with Crippen molar-refractivity contribution >= 4 is 17.7 Å². The molecule has 98 valence electrons. The van der Waals surface area contributed by atoms with Gasteiger partial charge in [-0.1, -0.05) is 6.07 Å². The Balaban J connectivity index is 1.83. The van der Waals surface area contributed by atoms with Crippen molar-refractivity contribution in [2.24, 2.45) is 5.41 Å². The lowest BCUT2D eigenvalue weighted by molar-refractivity contribution is -0.138. The summed E-state index contributed by atoms with van der Waals surface area (Å²) in [6, 6.07) is 4.83. The quantitative estimate of drug-likeness (QED) is 0.856. The van der Waals surface area contributed by atoms with Crippen LogP contribution in [0.4, 0.5) is 4.39 Å². The fourth-order valence-corrected chi connectivity index (χ4v) is 3.54. The molecular formula is C14H17FO2S. The van der Waals surface area contributed by atoms with Gasteiger partial charge in [0.05, 0.1) is 6.42 Å². The molecule has 0 aliphatic heterocycles. The molecule has 0 atom stereocenters. The molecule has 2 nitrogen and oxygen atoms in total. The van der Waals surface area contributed by atoms with E-state index in [4.69, 9.17) is 5.11 Å². The van der Waals surface area contributed by atoms with Crippen LogP contribution in [0.2, 0.25) is 0 Å². The van der Waals surface area contributed by atoms with E-state index in [0.29, 0.717) is 0 Å². The number of rotatable bonds is 6. The third-order valence-corrected chi connectivity index (χ3v) is 4.79. The van der Waals surface area contributed by atoms with Crippen molar-refractivity contribution in [1.29, 1.82) is 0 Å². The Morgan fingerprint density at radius 2 is 2.22 bits per heavy atom. The van der Waals surface area contributed by atoms with Crippen LogP contribution < -0.4 is 0 Å². The molecule has 0 aromatic heterocycles. The van der Waals surface area contributed by atoms with Crippen molar-refractivity contribution in [3.63, 3.8) is 0 Å². The minimum Gasteiger partial charge on any atom is -0.481 e. The number of carbonyl (C=O) groups is 1. The highest BCUT2D eigenvalue weighted by molar-refractivity contribution is 7.98. The van der Waals surface area contributed by atoms with Crippen LogP contribution in [0.15, 0.2) is 18.2 Å². The van der Waals surface area contributed by atoms with Gasteiger partial charge in [-0.25, -0.2) is 4.39 Å². The van der Waals surface area contributed by atoms with Crippen LogP contribution in [0.25, 0.3) is 0 Å². The predicted octanol–water partition coefficient (Wildman–Crippen LogP) is 3.62. The van der Waals surface area contributed by atoms with Crippen molar-refractivity contribution in [3.05, 3.63) is 35.1 Å². The lowest BCUT2D eigenvalue weighted by Gasteiger charge is -2.12. The van der Waals surface area contributed by atoms with E-state index < -0.39 is 5.97 Å². The number of benzene rings is 1. The minimum atomic E-state index is -0.703. The van der Waals surface area contributed by atoms with E-state index in [-0.39, 0.29) is 17.7 Å². The SMILES string of the molecule is Cc1cc(F)ccc1CSCC1(CC(=O)O)CC1. The van der Waals surface area contributed by atoms with Crippen molar-refractivity contribution in [1.82, 2.24) is 0 Å². The van der Waals surface area contributed by atoms with Crippen molar-refractivity contribution in [2.45, 2.75) is 31.9 Å². The highest BCUT2D eigenvalue weighted by Crippen LogP contribution is 2.51. The zero-order valence-electron chi connectivity index (χ0n) is 10.4. The molecule has 0 heterocycles. The van der Waals surface area contributed by atoms with Crippen molar-refractivity contribution in [3.8, 4) is 0 Å². The molecule has 0 bridgehead atoms.